The molecule has 2 aliphatic rings. The second kappa shape index (κ2) is 10.8. The summed E-state index contributed by atoms with van der Waals surface area (Å²) in [6, 6.07) is 20.1. The van der Waals surface area contributed by atoms with Crippen LogP contribution in [0.3, 0.4) is 0 Å². The van der Waals surface area contributed by atoms with Crippen LogP contribution in [0.4, 0.5) is 17.1 Å². The molecule has 0 aromatic heterocycles. The number of rotatable bonds is 7. The number of hydrogen-bond donors (Lipinski definition) is 1. The molecule has 0 aliphatic carbocycles. The van der Waals surface area contributed by atoms with Gasteiger partial charge in [-0.1, -0.05) is 31.2 Å². The Bertz CT molecular complexity index is 1410. The van der Waals surface area contributed by atoms with E-state index in [1.165, 1.54) is 4.90 Å². The summed E-state index contributed by atoms with van der Waals surface area (Å²) in [5.41, 5.74) is 4.94. The minimum absolute atomic E-state index is 0.0782. The molecule has 39 heavy (non-hydrogen) atoms. The van der Waals surface area contributed by atoms with Gasteiger partial charge in [0.1, 0.15) is 18.1 Å². The van der Waals surface area contributed by atoms with Crippen LogP contribution in [-0.4, -0.2) is 50.1 Å². The van der Waals surface area contributed by atoms with Crippen molar-refractivity contribution in [1.82, 2.24) is 0 Å². The fraction of sp³-hybridized carbons (Fsp3) is 0.312. The molecule has 7 nitrogen and oxygen atoms in total. The van der Waals surface area contributed by atoms with E-state index >= 15 is 0 Å². The van der Waals surface area contributed by atoms with E-state index in [1.54, 1.807) is 12.1 Å². The number of nitrogens with zero attached hydrogens (tertiary/aromatic N) is 3. The van der Waals surface area contributed by atoms with E-state index < -0.39 is 17.7 Å². The summed E-state index contributed by atoms with van der Waals surface area (Å²) in [6.45, 7) is 9.32. The van der Waals surface area contributed by atoms with Crippen LogP contribution >= 0.6 is 0 Å². The van der Waals surface area contributed by atoms with E-state index in [9.17, 15) is 14.7 Å². The Labute approximate surface area is 229 Å². The maximum Gasteiger partial charge on any atom is 0.300 e. The van der Waals surface area contributed by atoms with Crippen molar-refractivity contribution in [1.29, 1.82) is 0 Å². The first-order valence-electron chi connectivity index (χ1n) is 13.6. The van der Waals surface area contributed by atoms with Crippen LogP contribution in [0.1, 0.15) is 43.5 Å². The maximum absolute atomic E-state index is 13.6. The highest BCUT2D eigenvalue weighted by Crippen LogP contribution is 2.43. The fourth-order valence-electron chi connectivity index (χ4n) is 5.42. The Morgan fingerprint density at radius 3 is 2.31 bits per heavy atom. The monoisotopic (exact) mass is 525 g/mol. The zero-order chi connectivity index (χ0) is 27.7. The van der Waals surface area contributed by atoms with Gasteiger partial charge in [0.15, 0.2) is 0 Å². The van der Waals surface area contributed by atoms with Gasteiger partial charge in [0.2, 0.25) is 0 Å². The molecule has 2 heterocycles. The molecule has 0 spiro atoms. The van der Waals surface area contributed by atoms with Gasteiger partial charge in [-0.2, -0.15) is 0 Å². The van der Waals surface area contributed by atoms with Gasteiger partial charge in [0.25, 0.3) is 11.7 Å². The van der Waals surface area contributed by atoms with Crippen molar-refractivity contribution in [3.63, 3.8) is 0 Å². The van der Waals surface area contributed by atoms with Gasteiger partial charge in [-0.3, -0.25) is 14.5 Å². The average Bonchev–Trinajstić information content (AvgIpc) is 3.23. The number of aryl methyl sites for hydroxylation is 1. The molecule has 202 valence electrons. The van der Waals surface area contributed by atoms with Crippen LogP contribution in [0.15, 0.2) is 72.3 Å². The highest BCUT2D eigenvalue weighted by molar-refractivity contribution is 6.51. The molecule has 0 bridgehead atoms. The summed E-state index contributed by atoms with van der Waals surface area (Å²) in [5, 5.41) is 11.6. The van der Waals surface area contributed by atoms with Crippen LogP contribution in [0.5, 0.6) is 5.75 Å². The number of aliphatic hydroxyl groups excluding tert-OH is 1. The molecule has 1 saturated heterocycles. The number of hydrogen-bond acceptors (Lipinski definition) is 6. The van der Waals surface area contributed by atoms with Gasteiger partial charge in [0, 0.05) is 37.1 Å². The largest absolute Gasteiger partial charge is 0.507 e. The highest BCUT2D eigenvalue weighted by Gasteiger charge is 2.47. The van der Waals surface area contributed by atoms with E-state index in [1.807, 2.05) is 66.5 Å². The standard InChI is InChI=1S/C32H35N3O4/c1-5-21-8-13-25(14-9-21)35-29(22-10-15-24(16-11-22)34(6-2)7-3)28(31(37)32(35)38)30(36)23-12-17-27-26(20-23)33(4)18-19-39-27/h8-17,20,29,36H,5-7,18-19H2,1-4H3/b30-28-. The number of anilines is 3. The summed E-state index contributed by atoms with van der Waals surface area (Å²) >= 11 is 0. The van der Waals surface area contributed by atoms with Gasteiger partial charge >= 0.3 is 0 Å². The lowest BCUT2D eigenvalue weighted by molar-refractivity contribution is -0.132. The molecule has 1 amide bonds. The number of aliphatic hydroxyl groups is 1. The van der Waals surface area contributed by atoms with Crippen molar-refractivity contribution in [3.8, 4) is 5.75 Å². The summed E-state index contributed by atoms with van der Waals surface area (Å²) in [7, 11) is 1.96. The number of Topliss-reactive ketones (excluding diaryl/α,β-unsaturated/α-hetero) is 1. The lowest BCUT2D eigenvalue weighted by Crippen LogP contribution is -2.29. The molecule has 3 aromatic rings. The normalized spacial score (nSPS) is 18.2. The second-order valence-corrected chi connectivity index (χ2v) is 9.91. The van der Waals surface area contributed by atoms with Crippen molar-refractivity contribution in [2.45, 2.75) is 33.2 Å². The summed E-state index contributed by atoms with van der Waals surface area (Å²) in [6.07, 6.45) is 0.867. The Hall–Kier alpha value is -4.26. The Morgan fingerprint density at radius 2 is 1.67 bits per heavy atom. The molecule has 0 radical (unpaired) electrons. The number of amides is 1. The third-order valence-electron chi connectivity index (χ3n) is 7.73. The first-order valence-corrected chi connectivity index (χ1v) is 13.6. The predicted molar refractivity (Wildman–Crippen MR) is 156 cm³/mol. The van der Waals surface area contributed by atoms with Gasteiger partial charge in [0.05, 0.1) is 23.8 Å². The summed E-state index contributed by atoms with van der Waals surface area (Å²) < 4.78 is 5.75. The van der Waals surface area contributed by atoms with Crippen LogP contribution in [0.25, 0.3) is 5.76 Å². The minimum Gasteiger partial charge on any atom is -0.507 e. The van der Waals surface area contributed by atoms with Crippen molar-refractivity contribution in [3.05, 3.63) is 89.0 Å². The maximum atomic E-state index is 13.6. The topological polar surface area (TPSA) is 73.3 Å². The minimum atomic E-state index is -0.770. The first-order chi connectivity index (χ1) is 18.9. The van der Waals surface area contributed by atoms with Crippen LogP contribution in [0, 0.1) is 0 Å². The zero-order valence-corrected chi connectivity index (χ0v) is 23.0. The van der Waals surface area contributed by atoms with Gasteiger partial charge in [-0.05, 0) is 73.9 Å². The number of fused-ring (bicyclic) bond motifs is 1. The SMILES string of the molecule is CCc1ccc(N2C(=O)C(=O)/C(=C(\O)c3ccc4c(c3)N(C)CCO4)C2c2ccc(N(CC)CC)cc2)cc1. The second-order valence-electron chi connectivity index (χ2n) is 9.91. The average molecular weight is 526 g/mol. The van der Waals surface area contributed by atoms with Gasteiger partial charge in [-0.25, -0.2) is 0 Å². The van der Waals surface area contributed by atoms with Crippen molar-refractivity contribution < 1.29 is 19.4 Å². The van der Waals surface area contributed by atoms with Crippen LogP contribution in [-0.2, 0) is 16.0 Å². The van der Waals surface area contributed by atoms with E-state index in [4.69, 9.17) is 4.74 Å². The Balaban J connectivity index is 1.66. The van der Waals surface area contributed by atoms with Crippen LogP contribution in [0.2, 0.25) is 0 Å². The van der Waals surface area contributed by atoms with E-state index in [0.29, 0.717) is 24.4 Å². The molecule has 0 saturated carbocycles. The summed E-state index contributed by atoms with van der Waals surface area (Å²) in [4.78, 5) is 32.9. The Morgan fingerprint density at radius 1 is 0.974 bits per heavy atom. The third-order valence-corrected chi connectivity index (χ3v) is 7.73. The van der Waals surface area contributed by atoms with Gasteiger partial charge < -0.3 is 19.6 Å². The van der Waals surface area contributed by atoms with Crippen molar-refractivity contribution in [2.75, 3.05) is 48.0 Å². The third kappa shape index (κ3) is 4.73. The van der Waals surface area contributed by atoms with Crippen molar-refractivity contribution >= 4 is 34.5 Å². The van der Waals surface area contributed by atoms with E-state index in [2.05, 4.69) is 25.7 Å². The van der Waals surface area contributed by atoms with Gasteiger partial charge in [-0.15, -0.1) is 0 Å². The molecule has 3 aromatic carbocycles. The lowest BCUT2D eigenvalue weighted by atomic mass is 9.94. The number of carbonyl (C=O) groups is 2. The van der Waals surface area contributed by atoms with Crippen molar-refractivity contribution in [2.24, 2.45) is 0 Å². The molecule has 1 fully saturated rings. The predicted octanol–water partition coefficient (Wildman–Crippen LogP) is 5.55. The fourth-order valence-corrected chi connectivity index (χ4v) is 5.42. The quantitative estimate of drug-likeness (QED) is 0.248. The smallest absolute Gasteiger partial charge is 0.300 e. The molecule has 7 heteroatoms. The first kappa shape index (κ1) is 26.4. The molecule has 1 N–H and O–H groups in total. The number of carbonyl (C=O) groups excluding carboxylic acids is 2. The number of benzene rings is 3. The van der Waals surface area contributed by atoms with E-state index in [-0.39, 0.29) is 11.3 Å². The summed E-state index contributed by atoms with van der Waals surface area (Å²) in [5.74, 6) is -0.829. The molecule has 1 atom stereocenters. The highest BCUT2D eigenvalue weighted by atomic mass is 16.5. The van der Waals surface area contributed by atoms with Crippen LogP contribution < -0.4 is 19.4 Å². The zero-order valence-electron chi connectivity index (χ0n) is 23.0. The number of ketones is 1. The molecule has 5 rings (SSSR count). The number of ether oxygens (including phenoxy) is 1. The van der Waals surface area contributed by atoms with E-state index in [0.717, 1.165) is 47.8 Å². The number of likely N-dealkylation sites (N-methyl/N-ethyl adjacent to an activating group) is 1. The molecular formula is C32H35N3O4. The molecule has 1 unspecified atom stereocenters. The Kier molecular flexibility index (Phi) is 7.33. The molecular weight excluding hydrogens is 490 g/mol. The molecule has 2 aliphatic heterocycles. The lowest BCUT2D eigenvalue weighted by Gasteiger charge is -2.28.